The molecule has 1 aromatic heterocycles. The maximum atomic E-state index is 12.6. The first-order valence-corrected chi connectivity index (χ1v) is 8.68. The highest BCUT2D eigenvalue weighted by molar-refractivity contribution is 7.13. The first-order chi connectivity index (χ1) is 11.6. The van der Waals surface area contributed by atoms with Gasteiger partial charge in [-0.3, -0.25) is 4.79 Å². The molecule has 0 bridgehead atoms. The fourth-order valence-electron chi connectivity index (χ4n) is 2.46. The highest BCUT2D eigenvalue weighted by Crippen LogP contribution is 2.25. The average molecular weight is 337 g/mol. The minimum absolute atomic E-state index is 0.120. The second kappa shape index (κ2) is 7.27. The van der Waals surface area contributed by atoms with E-state index in [1.807, 2.05) is 47.8 Å². The van der Waals surface area contributed by atoms with Crippen LogP contribution >= 0.6 is 11.3 Å². The van der Waals surface area contributed by atoms with Crippen molar-refractivity contribution in [3.63, 3.8) is 0 Å². The van der Waals surface area contributed by atoms with Gasteiger partial charge < -0.3 is 10.6 Å². The number of carbonyl (C=O) groups is 1. The Morgan fingerprint density at radius 2 is 1.96 bits per heavy atom. The number of rotatable bonds is 5. The van der Waals surface area contributed by atoms with Crippen LogP contribution in [0.1, 0.15) is 35.7 Å². The van der Waals surface area contributed by atoms with Crippen molar-refractivity contribution in [1.29, 1.82) is 0 Å². The Bertz CT molecular complexity index is 828. The van der Waals surface area contributed by atoms with Crippen molar-refractivity contribution >= 4 is 33.8 Å². The molecule has 122 valence electrons. The number of benzene rings is 2. The van der Waals surface area contributed by atoms with Crippen LogP contribution in [0.25, 0.3) is 0 Å². The first kappa shape index (κ1) is 16.2. The molecule has 0 atom stereocenters. The molecule has 0 aliphatic heterocycles. The van der Waals surface area contributed by atoms with Crippen molar-refractivity contribution in [2.75, 3.05) is 10.6 Å². The third-order valence-electron chi connectivity index (χ3n) is 3.64. The van der Waals surface area contributed by atoms with Crippen molar-refractivity contribution in [3.05, 3.63) is 71.2 Å². The molecule has 0 aliphatic carbocycles. The third-order valence-corrected chi connectivity index (χ3v) is 4.33. The minimum atomic E-state index is -0.120. The Hall–Kier alpha value is -2.66. The molecular weight excluding hydrogens is 318 g/mol. The summed E-state index contributed by atoms with van der Waals surface area (Å²) in [7, 11) is 0. The number of carbonyl (C=O) groups excluding carboxylic acids is 1. The average Bonchev–Trinajstić information content (AvgIpc) is 3.08. The molecule has 1 heterocycles. The summed E-state index contributed by atoms with van der Waals surface area (Å²) in [5.41, 5.74) is 3.43. The van der Waals surface area contributed by atoms with Gasteiger partial charge >= 0.3 is 0 Å². The van der Waals surface area contributed by atoms with Crippen molar-refractivity contribution in [2.45, 2.75) is 19.8 Å². The maximum absolute atomic E-state index is 12.6. The zero-order chi connectivity index (χ0) is 16.9. The van der Waals surface area contributed by atoms with Gasteiger partial charge in [-0.15, -0.1) is 11.3 Å². The lowest BCUT2D eigenvalue weighted by Crippen LogP contribution is -2.13. The van der Waals surface area contributed by atoms with Gasteiger partial charge in [0.2, 0.25) is 0 Å². The van der Waals surface area contributed by atoms with Crippen LogP contribution in [-0.2, 0) is 0 Å². The minimum Gasteiger partial charge on any atom is -0.332 e. The van der Waals surface area contributed by atoms with E-state index < -0.39 is 0 Å². The highest BCUT2D eigenvalue weighted by atomic mass is 32.1. The van der Waals surface area contributed by atoms with Gasteiger partial charge in [0.1, 0.15) is 0 Å². The molecule has 3 rings (SSSR count). The number of nitrogens with one attached hydrogen (secondary N) is 2. The standard InChI is InChI=1S/C19H19N3OS/c1-13(2)16-8-3-4-9-17(16)22-18(23)14-6-5-7-15(12-14)21-19-20-10-11-24-19/h3-13H,1-2H3,(H,20,21)(H,22,23). The number of thiazole rings is 1. The monoisotopic (exact) mass is 337 g/mol. The van der Waals surface area contributed by atoms with E-state index in [0.29, 0.717) is 11.5 Å². The first-order valence-electron chi connectivity index (χ1n) is 7.80. The van der Waals surface area contributed by atoms with Gasteiger partial charge in [0, 0.05) is 28.5 Å². The zero-order valence-electron chi connectivity index (χ0n) is 13.6. The number of aromatic nitrogens is 1. The molecule has 2 aromatic carbocycles. The van der Waals surface area contributed by atoms with E-state index in [1.54, 1.807) is 12.3 Å². The summed E-state index contributed by atoms with van der Waals surface area (Å²) in [5.74, 6) is 0.227. The van der Waals surface area contributed by atoms with Crippen LogP contribution in [0.5, 0.6) is 0 Å². The molecule has 5 heteroatoms. The summed E-state index contributed by atoms with van der Waals surface area (Å²) in [6.45, 7) is 4.23. The van der Waals surface area contributed by atoms with Gasteiger partial charge in [-0.05, 0) is 35.7 Å². The van der Waals surface area contributed by atoms with E-state index in [9.17, 15) is 4.79 Å². The van der Waals surface area contributed by atoms with E-state index in [1.165, 1.54) is 11.3 Å². The van der Waals surface area contributed by atoms with Crippen LogP contribution < -0.4 is 10.6 Å². The summed E-state index contributed by atoms with van der Waals surface area (Å²) in [5, 5.41) is 8.92. The van der Waals surface area contributed by atoms with Gasteiger partial charge in [-0.2, -0.15) is 0 Å². The van der Waals surface area contributed by atoms with E-state index in [4.69, 9.17) is 0 Å². The van der Waals surface area contributed by atoms with Crippen LogP contribution in [0.15, 0.2) is 60.1 Å². The number of anilines is 3. The number of hydrogen-bond donors (Lipinski definition) is 2. The summed E-state index contributed by atoms with van der Waals surface area (Å²) < 4.78 is 0. The molecule has 2 N–H and O–H groups in total. The maximum Gasteiger partial charge on any atom is 0.255 e. The van der Waals surface area contributed by atoms with Crippen molar-refractivity contribution < 1.29 is 4.79 Å². The lowest BCUT2D eigenvalue weighted by molar-refractivity contribution is 0.102. The van der Waals surface area contributed by atoms with Gasteiger partial charge in [-0.1, -0.05) is 38.1 Å². The summed E-state index contributed by atoms with van der Waals surface area (Å²) in [6.07, 6.45) is 1.74. The molecule has 4 nitrogen and oxygen atoms in total. The van der Waals surface area contributed by atoms with Gasteiger partial charge in [0.05, 0.1) is 0 Å². The fourth-order valence-corrected chi connectivity index (χ4v) is 3.00. The molecule has 0 unspecified atom stereocenters. The molecule has 3 aromatic rings. The van der Waals surface area contributed by atoms with Crippen LogP contribution in [0.2, 0.25) is 0 Å². The summed E-state index contributed by atoms with van der Waals surface area (Å²) >= 11 is 1.52. The molecule has 1 amide bonds. The van der Waals surface area contributed by atoms with Crippen molar-refractivity contribution in [3.8, 4) is 0 Å². The Balaban J connectivity index is 1.78. The number of hydrogen-bond acceptors (Lipinski definition) is 4. The molecule has 0 radical (unpaired) electrons. The largest absolute Gasteiger partial charge is 0.332 e. The zero-order valence-corrected chi connectivity index (χ0v) is 14.4. The number of nitrogens with zero attached hydrogens (tertiary/aromatic N) is 1. The van der Waals surface area contributed by atoms with Crippen molar-refractivity contribution in [2.24, 2.45) is 0 Å². The predicted octanol–water partition coefficient (Wildman–Crippen LogP) is 5.26. The van der Waals surface area contributed by atoms with Crippen LogP contribution in [0.4, 0.5) is 16.5 Å². The van der Waals surface area contributed by atoms with Crippen LogP contribution in [0, 0.1) is 0 Å². The van der Waals surface area contributed by atoms with E-state index in [-0.39, 0.29) is 5.91 Å². The SMILES string of the molecule is CC(C)c1ccccc1NC(=O)c1cccc(Nc2nccs2)c1. The predicted molar refractivity (Wildman–Crippen MR) is 100 cm³/mol. The second-order valence-corrected chi connectivity index (χ2v) is 6.63. The molecule has 24 heavy (non-hydrogen) atoms. The van der Waals surface area contributed by atoms with Crippen molar-refractivity contribution in [1.82, 2.24) is 4.98 Å². The van der Waals surface area contributed by atoms with Gasteiger partial charge in [0.25, 0.3) is 5.91 Å². The second-order valence-electron chi connectivity index (χ2n) is 5.74. The molecule has 0 fully saturated rings. The molecule has 0 saturated carbocycles. The third kappa shape index (κ3) is 3.81. The van der Waals surface area contributed by atoms with E-state index in [2.05, 4.69) is 29.5 Å². The smallest absolute Gasteiger partial charge is 0.255 e. The topological polar surface area (TPSA) is 54.0 Å². The van der Waals surface area contributed by atoms with Gasteiger partial charge in [0.15, 0.2) is 5.13 Å². The normalized spacial score (nSPS) is 10.6. The van der Waals surface area contributed by atoms with Gasteiger partial charge in [-0.25, -0.2) is 4.98 Å². The highest BCUT2D eigenvalue weighted by Gasteiger charge is 2.11. The van der Waals surface area contributed by atoms with E-state index >= 15 is 0 Å². The number of para-hydroxylation sites is 1. The molecule has 0 spiro atoms. The quantitative estimate of drug-likeness (QED) is 0.667. The summed E-state index contributed by atoms with van der Waals surface area (Å²) in [4.78, 5) is 16.8. The molecule has 0 aliphatic rings. The molecular formula is C19H19N3OS. The number of amides is 1. The van der Waals surface area contributed by atoms with E-state index in [0.717, 1.165) is 22.1 Å². The Morgan fingerprint density at radius 3 is 2.71 bits per heavy atom. The Labute approximate surface area is 145 Å². The van der Waals surface area contributed by atoms with Crippen LogP contribution in [0.3, 0.4) is 0 Å². The fraction of sp³-hybridized carbons (Fsp3) is 0.158. The Morgan fingerprint density at radius 1 is 1.12 bits per heavy atom. The van der Waals surface area contributed by atoms with Crippen LogP contribution in [-0.4, -0.2) is 10.9 Å². The molecule has 0 saturated heterocycles. The summed E-state index contributed by atoms with van der Waals surface area (Å²) in [6, 6.07) is 15.3. The lowest BCUT2D eigenvalue weighted by Gasteiger charge is -2.14. The lowest BCUT2D eigenvalue weighted by atomic mass is 10.0. The Kier molecular flexibility index (Phi) is 4.91.